The highest BCUT2D eigenvalue weighted by atomic mass is 79.9. The Bertz CT molecular complexity index is 696. The van der Waals surface area contributed by atoms with Gasteiger partial charge >= 0.3 is 0 Å². The third kappa shape index (κ3) is 4.49. The average Bonchev–Trinajstić information content (AvgIpc) is 2.53. The van der Waals surface area contributed by atoms with Crippen molar-refractivity contribution in [3.05, 3.63) is 57.5 Å². The zero-order valence-electron chi connectivity index (χ0n) is 13.8. The van der Waals surface area contributed by atoms with Crippen LogP contribution in [-0.2, 0) is 0 Å². The first-order chi connectivity index (χ1) is 10.9. The number of rotatable bonds is 5. The Morgan fingerprint density at radius 2 is 1.83 bits per heavy atom. The molecular formula is C18H21BrClN3. The molecular weight excluding hydrogens is 374 g/mol. The molecule has 0 saturated carbocycles. The molecule has 0 radical (unpaired) electrons. The predicted octanol–water partition coefficient (Wildman–Crippen LogP) is 5.78. The van der Waals surface area contributed by atoms with Gasteiger partial charge in [0.05, 0.1) is 11.4 Å². The second-order valence-electron chi connectivity index (χ2n) is 5.54. The standard InChI is InChI=1S/C18H21BrClN3/c1-12(2)23(16-8-5-14(19)6-9-16)22-13(3)17-11-15(20)7-10-18(17)21-4/h5-12,21H,1-4H3/b22-13-. The Morgan fingerprint density at radius 1 is 1.17 bits per heavy atom. The van der Waals surface area contributed by atoms with Crippen molar-refractivity contribution in [3.8, 4) is 0 Å². The van der Waals surface area contributed by atoms with Gasteiger partial charge in [-0.1, -0.05) is 27.5 Å². The van der Waals surface area contributed by atoms with Gasteiger partial charge in [0.1, 0.15) is 0 Å². The van der Waals surface area contributed by atoms with E-state index in [0.717, 1.165) is 27.1 Å². The summed E-state index contributed by atoms with van der Waals surface area (Å²) < 4.78 is 1.05. The fourth-order valence-electron chi connectivity index (χ4n) is 2.31. The van der Waals surface area contributed by atoms with Crippen molar-refractivity contribution in [1.29, 1.82) is 0 Å². The van der Waals surface area contributed by atoms with Gasteiger partial charge in [0, 0.05) is 33.8 Å². The van der Waals surface area contributed by atoms with Crippen LogP contribution in [0.15, 0.2) is 52.0 Å². The van der Waals surface area contributed by atoms with Gasteiger partial charge in [0.15, 0.2) is 0 Å². The van der Waals surface area contributed by atoms with Gasteiger partial charge in [0.25, 0.3) is 0 Å². The monoisotopic (exact) mass is 393 g/mol. The molecule has 0 aliphatic heterocycles. The number of nitrogens with zero attached hydrogens (tertiary/aromatic N) is 2. The van der Waals surface area contributed by atoms with Gasteiger partial charge < -0.3 is 5.32 Å². The minimum absolute atomic E-state index is 0.239. The van der Waals surface area contributed by atoms with Crippen LogP contribution in [0.3, 0.4) is 0 Å². The second-order valence-corrected chi connectivity index (χ2v) is 6.89. The number of hydrogen-bond acceptors (Lipinski definition) is 3. The number of anilines is 2. The fourth-order valence-corrected chi connectivity index (χ4v) is 2.75. The molecule has 0 atom stereocenters. The third-order valence-electron chi connectivity index (χ3n) is 3.48. The molecule has 3 nitrogen and oxygen atoms in total. The summed E-state index contributed by atoms with van der Waals surface area (Å²) in [5.41, 5.74) is 3.97. The summed E-state index contributed by atoms with van der Waals surface area (Å²) in [7, 11) is 1.90. The maximum Gasteiger partial charge on any atom is 0.0672 e. The van der Waals surface area contributed by atoms with E-state index in [0.29, 0.717) is 5.02 Å². The number of hydrazone groups is 1. The molecule has 0 saturated heterocycles. The summed E-state index contributed by atoms with van der Waals surface area (Å²) in [4.78, 5) is 0. The van der Waals surface area contributed by atoms with Crippen molar-refractivity contribution in [1.82, 2.24) is 0 Å². The maximum atomic E-state index is 6.15. The lowest BCUT2D eigenvalue weighted by Gasteiger charge is -2.25. The van der Waals surface area contributed by atoms with E-state index >= 15 is 0 Å². The first kappa shape index (κ1) is 17.8. The van der Waals surface area contributed by atoms with Crippen LogP contribution in [0.25, 0.3) is 0 Å². The Labute approximate surface area is 151 Å². The summed E-state index contributed by atoms with van der Waals surface area (Å²) in [6.07, 6.45) is 0. The summed E-state index contributed by atoms with van der Waals surface area (Å²) in [6, 6.07) is 14.2. The maximum absolute atomic E-state index is 6.15. The number of hydrogen-bond donors (Lipinski definition) is 1. The molecule has 1 N–H and O–H groups in total. The van der Waals surface area contributed by atoms with E-state index in [4.69, 9.17) is 16.7 Å². The van der Waals surface area contributed by atoms with Crippen molar-refractivity contribution >= 4 is 44.6 Å². The number of benzene rings is 2. The van der Waals surface area contributed by atoms with Gasteiger partial charge in [0.2, 0.25) is 0 Å². The average molecular weight is 395 g/mol. The molecule has 23 heavy (non-hydrogen) atoms. The normalized spacial score (nSPS) is 11.7. The topological polar surface area (TPSA) is 27.6 Å². The van der Waals surface area contributed by atoms with Crippen LogP contribution < -0.4 is 10.3 Å². The number of nitrogens with one attached hydrogen (secondary N) is 1. The van der Waals surface area contributed by atoms with Crippen molar-refractivity contribution in [2.75, 3.05) is 17.4 Å². The lowest BCUT2D eigenvalue weighted by Crippen LogP contribution is -2.26. The summed E-state index contributed by atoms with van der Waals surface area (Å²) >= 11 is 9.62. The lowest BCUT2D eigenvalue weighted by molar-refractivity contribution is 0.713. The largest absolute Gasteiger partial charge is 0.388 e. The Kier molecular flexibility index (Phi) is 6.08. The highest BCUT2D eigenvalue weighted by molar-refractivity contribution is 9.10. The van der Waals surface area contributed by atoms with Gasteiger partial charge in [-0.2, -0.15) is 5.10 Å². The molecule has 0 heterocycles. The molecule has 5 heteroatoms. The molecule has 0 spiro atoms. The molecule has 0 aliphatic rings. The van der Waals surface area contributed by atoms with Crippen LogP contribution in [0.2, 0.25) is 5.02 Å². The van der Waals surface area contributed by atoms with E-state index < -0.39 is 0 Å². The first-order valence-electron chi connectivity index (χ1n) is 7.50. The Morgan fingerprint density at radius 3 is 2.39 bits per heavy atom. The molecule has 122 valence electrons. The van der Waals surface area contributed by atoms with E-state index in [2.05, 4.69) is 47.2 Å². The Hall–Kier alpha value is -1.52. The summed E-state index contributed by atoms with van der Waals surface area (Å²) in [5, 5.41) is 10.7. The lowest BCUT2D eigenvalue weighted by atomic mass is 10.1. The molecule has 0 unspecified atom stereocenters. The van der Waals surface area contributed by atoms with Gasteiger partial charge in [-0.25, -0.2) is 0 Å². The predicted molar refractivity (Wildman–Crippen MR) is 105 cm³/mol. The highest BCUT2D eigenvalue weighted by Gasteiger charge is 2.12. The molecule has 0 aromatic heterocycles. The minimum Gasteiger partial charge on any atom is -0.388 e. The third-order valence-corrected chi connectivity index (χ3v) is 4.24. The zero-order valence-corrected chi connectivity index (χ0v) is 16.1. The smallest absolute Gasteiger partial charge is 0.0672 e. The quantitative estimate of drug-likeness (QED) is 0.514. The second kappa shape index (κ2) is 7.84. The van der Waals surface area contributed by atoms with E-state index in [1.54, 1.807) is 0 Å². The molecule has 2 aromatic rings. The SMILES string of the molecule is CNc1ccc(Cl)cc1/C(C)=N\N(c1ccc(Br)cc1)C(C)C. The van der Waals surface area contributed by atoms with Crippen LogP contribution >= 0.6 is 27.5 Å². The van der Waals surface area contributed by atoms with Crippen molar-refractivity contribution in [3.63, 3.8) is 0 Å². The van der Waals surface area contributed by atoms with E-state index in [9.17, 15) is 0 Å². The van der Waals surface area contributed by atoms with Gasteiger partial charge in [-0.05, 0) is 63.2 Å². The fraction of sp³-hybridized carbons (Fsp3) is 0.278. The summed E-state index contributed by atoms with van der Waals surface area (Å²) in [5.74, 6) is 0. The van der Waals surface area contributed by atoms with Crippen molar-refractivity contribution < 1.29 is 0 Å². The highest BCUT2D eigenvalue weighted by Crippen LogP contribution is 2.24. The van der Waals surface area contributed by atoms with E-state index in [1.165, 1.54) is 0 Å². The molecule has 2 aromatic carbocycles. The van der Waals surface area contributed by atoms with Crippen LogP contribution in [0.1, 0.15) is 26.3 Å². The molecule has 0 aliphatic carbocycles. The van der Waals surface area contributed by atoms with Crippen molar-refractivity contribution in [2.24, 2.45) is 5.10 Å². The molecule has 0 bridgehead atoms. The van der Waals surface area contributed by atoms with Crippen LogP contribution in [0.4, 0.5) is 11.4 Å². The van der Waals surface area contributed by atoms with E-state index in [-0.39, 0.29) is 6.04 Å². The van der Waals surface area contributed by atoms with E-state index in [1.807, 2.05) is 49.3 Å². The molecule has 0 amide bonds. The van der Waals surface area contributed by atoms with Gasteiger partial charge in [-0.3, -0.25) is 5.01 Å². The van der Waals surface area contributed by atoms with Crippen LogP contribution in [0.5, 0.6) is 0 Å². The van der Waals surface area contributed by atoms with Crippen molar-refractivity contribution in [2.45, 2.75) is 26.8 Å². The Balaban J connectivity index is 2.43. The van der Waals surface area contributed by atoms with Crippen LogP contribution in [-0.4, -0.2) is 18.8 Å². The molecule has 2 rings (SSSR count). The first-order valence-corrected chi connectivity index (χ1v) is 8.67. The zero-order chi connectivity index (χ0) is 17.0. The molecule has 0 fully saturated rings. The minimum atomic E-state index is 0.239. The number of halogens is 2. The summed E-state index contributed by atoms with van der Waals surface area (Å²) in [6.45, 7) is 6.24. The van der Waals surface area contributed by atoms with Crippen LogP contribution in [0, 0.1) is 0 Å². The van der Waals surface area contributed by atoms with Gasteiger partial charge in [-0.15, -0.1) is 0 Å².